The molecule has 0 radical (unpaired) electrons. The van der Waals surface area contributed by atoms with Crippen LogP contribution >= 0.6 is 11.6 Å². The number of amides is 2. The van der Waals surface area contributed by atoms with Crippen molar-refractivity contribution in [3.05, 3.63) is 28.3 Å². The number of hydrogen-bond acceptors (Lipinski definition) is 5. The van der Waals surface area contributed by atoms with Gasteiger partial charge in [-0.3, -0.25) is 14.9 Å². The fraction of sp³-hybridized carbons (Fsp3) is 0.385. The van der Waals surface area contributed by atoms with E-state index in [1.807, 2.05) is 0 Å². The number of nitrogens with zero attached hydrogens (tertiary/aromatic N) is 1. The molecule has 0 spiro atoms. The molecule has 2 heterocycles. The zero-order valence-corrected chi connectivity index (χ0v) is 11.9. The number of carbonyl (C=O) groups excluding carboxylic acids is 2. The number of aliphatic hydroxyl groups is 1. The number of nitrogens with one attached hydrogen (secondary N) is 2. The predicted molar refractivity (Wildman–Crippen MR) is 73.5 cm³/mol. The molecule has 1 aromatic carbocycles. The van der Waals surface area contributed by atoms with E-state index in [1.54, 1.807) is 6.92 Å². The Labute approximate surface area is 125 Å². The van der Waals surface area contributed by atoms with Crippen LogP contribution in [0.3, 0.4) is 0 Å². The standard InChI is InChI=1S/C13H14ClN3O4/c1-13(11(20)15-12(21)16-13)5-17-4-6-2-9(18)8(14)3-7(6)10(17)19/h2-3,12,16,18,21H,4-5H2,1H3,(H,15,20). The van der Waals surface area contributed by atoms with Crippen LogP contribution in [0.1, 0.15) is 22.8 Å². The van der Waals surface area contributed by atoms with Gasteiger partial charge in [0.25, 0.3) is 5.91 Å². The number of rotatable bonds is 2. The Morgan fingerprint density at radius 1 is 1.48 bits per heavy atom. The van der Waals surface area contributed by atoms with Gasteiger partial charge in [0.05, 0.1) is 5.02 Å². The molecule has 8 heteroatoms. The number of aliphatic hydroxyl groups excluding tert-OH is 1. The first-order chi connectivity index (χ1) is 9.80. The average Bonchev–Trinajstić information content (AvgIpc) is 2.80. The maximum Gasteiger partial charge on any atom is 0.254 e. The van der Waals surface area contributed by atoms with Crippen molar-refractivity contribution >= 4 is 23.4 Å². The zero-order chi connectivity index (χ0) is 15.4. The highest BCUT2D eigenvalue weighted by atomic mass is 35.5. The van der Waals surface area contributed by atoms with Crippen molar-refractivity contribution in [3.63, 3.8) is 0 Å². The Balaban J connectivity index is 1.84. The van der Waals surface area contributed by atoms with Crippen LogP contribution < -0.4 is 10.6 Å². The maximum atomic E-state index is 12.3. The number of fused-ring (bicyclic) bond motifs is 1. The van der Waals surface area contributed by atoms with Crippen LogP contribution in [0.15, 0.2) is 12.1 Å². The van der Waals surface area contributed by atoms with Gasteiger partial charge in [-0.25, -0.2) is 0 Å². The Hall–Kier alpha value is -1.83. The molecule has 2 aliphatic heterocycles. The quantitative estimate of drug-likeness (QED) is 0.603. The third-order valence-corrected chi connectivity index (χ3v) is 4.09. The molecule has 2 amide bonds. The molecule has 2 aliphatic rings. The Kier molecular flexibility index (Phi) is 3.09. The lowest BCUT2D eigenvalue weighted by molar-refractivity contribution is -0.124. The fourth-order valence-corrected chi connectivity index (χ4v) is 2.86. The zero-order valence-electron chi connectivity index (χ0n) is 11.2. The maximum absolute atomic E-state index is 12.3. The largest absolute Gasteiger partial charge is 0.506 e. The first-order valence-corrected chi connectivity index (χ1v) is 6.75. The van der Waals surface area contributed by atoms with Crippen molar-refractivity contribution in [3.8, 4) is 5.75 Å². The van der Waals surface area contributed by atoms with Gasteiger partial charge < -0.3 is 20.4 Å². The van der Waals surface area contributed by atoms with Crippen LogP contribution in [-0.2, 0) is 11.3 Å². The topological polar surface area (TPSA) is 102 Å². The van der Waals surface area contributed by atoms with E-state index < -0.39 is 11.9 Å². The van der Waals surface area contributed by atoms with Gasteiger partial charge in [-0.2, -0.15) is 0 Å². The smallest absolute Gasteiger partial charge is 0.254 e. The lowest BCUT2D eigenvalue weighted by Gasteiger charge is -2.27. The molecule has 1 fully saturated rings. The van der Waals surface area contributed by atoms with Gasteiger partial charge in [-0.05, 0) is 24.6 Å². The number of aromatic hydroxyl groups is 1. The lowest BCUT2D eigenvalue weighted by Crippen LogP contribution is -2.53. The van der Waals surface area contributed by atoms with Gasteiger partial charge in [-0.15, -0.1) is 0 Å². The Morgan fingerprint density at radius 3 is 2.81 bits per heavy atom. The van der Waals surface area contributed by atoms with Crippen LogP contribution in [0, 0.1) is 0 Å². The molecule has 1 saturated heterocycles. The molecule has 21 heavy (non-hydrogen) atoms. The molecule has 0 aliphatic carbocycles. The monoisotopic (exact) mass is 311 g/mol. The first kappa shape index (κ1) is 14.1. The molecule has 0 bridgehead atoms. The molecule has 3 rings (SSSR count). The number of benzene rings is 1. The van der Waals surface area contributed by atoms with E-state index in [0.717, 1.165) is 0 Å². The highest BCUT2D eigenvalue weighted by molar-refractivity contribution is 6.32. The molecular formula is C13H14ClN3O4. The van der Waals surface area contributed by atoms with E-state index in [0.29, 0.717) is 11.1 Å². The first-order valence-electron chi connectivity index (χ1n) is 6.37. The third kappa shape index (κ3) is 2.23. The highest BCUT2D eigenvalue weighted by Gasteiger charge is 2.45. The van der Waals surface area contributed by atoms with Crippen LogP contribution in [0.25, 0.3) is 0 Å². The summed E-state index contributed by atoms with van der Waals surface area (Å²) < 4.78 is 0. The molecule has 0 saturated carbocycles. The SMILES string of the molecule is CC1(CN2Cc3cc(O)c(Cl)cc3C2=O)NC(O)NC1=O. The van der Waals surface area contributed by atoms with Crippen LogP contribution in [0.2, 0.25) is 5.02 Å². The van der Waals surface area contributed by atoms with E-state index in [-0.39, 0.29) is 35.7 Å². The van der Waals surface area contributed by atoms with Crippen molar-refractivity contribution in [2.75, 3.05) is 6.54 Å². The van der Waals surface area contributed by atoms with Gasteiger partial charge in [-0.1, -0.05) is 11.6 Å². The second kappa shape index (κ2) is 4.59. The highest BCUT2D eigenvalue weighted by Crippen LogP contribution is 2.33. The van der Waals surface area contributed by atoms with E-state index in [1.165, 1.54) is 17.0 Å². The Morgan fingerprint density at radius 2 is 2.19 bits per heavy atom. The summed E-state index contributed by atoms with van der Waals surface area (Å²) in [4.78, 5) is 25.7. The molecule has 4 N–H and O–H groups in total. The summed E-state index contributed by atoms with van der Waals surface area (Å²) in [5.41, 5.74) is 0.00739. The second-order valence-corrected chi connectivity index (χ2v) is 5.88. The number of phenols is 1. The van der Waals surface area contributed by atoms with Gasteiger partial charge in [0.1, 0.15) is 11.3 Å². The van der Waals surface area contributed by atoms with E-state index >= 15 is 0 Å². The summed E-state index contributed by atoms with van der Waals surface area (Å²) in [6.45, 7) is 1.99. The molecule has 2 atom stereocenters. The summed E-state index contributed by atoms with van der Waals surface area (Å²) in [6, 6.07) is 2.88. The van der Waals surface area contributed by atoms with Crippen molar-refractivity contribution in [2.45, 2.75) is 25.4 Å². The minimum atomic E-state index is -1.12. The van der Waals surface area contributed by atoms with Crippen molar-refractivity contribution in [1.29, 1.82) is 0 Å². The van der Waals surface area contributed by atoms with Crippen LogP contribution in [0.4, 0.5) is 0 Å². The van der Waals surface area contributed by atoms with Crippen molar-refractivity contribution in [2.24, 2.45) is 0 Å². The number of phenolic OH excluding ortho intramolecular Hbond substituents is 1. The van der Waals surface area contributed by atoms with Crippen LogP contribution in [-0.4, -0.2) is 45.4 Å². The minimum absolute atomic E-state index is 0.0802. The Bertz CT molecular complexity index is 651. The van der Waals surface area contributed by atoms with Gasteiger partial charge >= 0.3 is 0 Å². The molecule has 112 valence electrons. The van der Waals surface area contributed by atoms with E-state index in [4.69, 9.17) is 11.6 Å². The van der Waals surface area contributed by atoms with Crippen molar-refractivity contribution in [1.82, 2.24) is 15.5 Å². The fourth-order valence-electron chi connectivity index (χ4n) is 2.70. The molecule has 2 unspecified atom stereocenters. The molecule has 1 aromatic rings. The van der Waals surface area contributed by atoms with E-state index in [9.17, 15) is 19.8 Å². The summed E-state index contributed by atoms with van der Waals surface area (Å²) in [7, 11) is 0. The predicted octanol–water partition coefficient (Wildman–Crippen LogP) is -0.245. The third-order valence-electron chi connectivity index (χ3n) is 3.78. The minimum Gasteiger partial charge on any atom is -0.506 e. The van der Waals surface area contributed by atoms with Gasteiger partial charge in [0.2, 0.25) is 5.91 Å². The number of hydrogen-bond donors (Lipinski definition) is 4. The normalized spacial score (nSPS) is 28.0. The lowest BCUT2D eigenvalue weighted by atomic mass is 10.0. The summed E-state index contributed by atoms with van der Waals surface area (Å²) in [5.74, 6) is -0.716. The number of halogens is 1. The molecule has 0 aromatic heterocycles. The summed E-state index contributed by atoms with van der Waals surface area (Å²) in [6.07, 6.45) is -1.12. The van der Waals surface area contributed by atoms with Crippen LogP contribution in [0.5, 0.6) is 5.75 Å². The summed E-state index contributed by atoms with van der Waals surface area (Å²) in [5, 5.41) is 24.2. The van der Waals surface area contributed by atoms with E-state index in [2.05, 4.69) is 10.6 Å². The van der Waals surface area contributed by atoms with Gasteiger partial charge in [0, 0.05) is 18.7 Å². The molecular weight excluding hydrogens is 298 g/mol. The van der Waals surface area contributed by atoms with Gasteiger partial charge in [0.15, 0.2) is 6.35 Å². The van der Waals surface area contributed by atoms with Crippen molar-refractivity contribution < 1.29 is 19.8 Å². The number of carbonyl (C=O) groups is 2. The molecule has 7 nitrogen and oxygen atoms in total. The second-order valence-electron chi connectivity index (χ2n) is 5.47. The average molecular weight is 312 g/mol. The summed E-state index contributed by atoms with van der Waals surface area (Å²) >= 11 is 5.82.